The van der Waals surface area contributed by atoms with E-state index in [1.165, 1.54) is 24.3 Å². The van der Waals surface area contributed by atoms with Crippen molar-refractivity contribution in [3.8, 4) is 0 Å². The predicted molar refractivity (Wildman–Crippen MR) is 81.8 cm³/mol. The molecule has 2 N–H and O–H groups in total. The topological polar surface area (TPSA) is 84.5 Å². The summed E-state index contributed by atoms with van der Waals surface area (Å²) in [4.78, 5) is 34.7. The van der Waals surface area contributed by atoms with Crippen molar-refractivity contribution in [2.75, 3.05) is 13.2 Å². The molecule has 0 saturated heterocycles. The largest absolute Gasteiger partial charge is 0.466 e. The molecule has 0 spiro atoms. The summed E-state index contributed by atoms with van der Waals surface area (Å²) in [5, 5.41) is 5.09. The minimum Gasteiger partial charge on any atom is -0.466 e. The summed E-state index contributed by atoms with van der Waals surface area (Å²) >= 11 is 0. The summed E-state index contributed by atoms with van der Waals surface area (Å²) in [7, 11) is 0. The van der Waals surface area contributed by atoms with Crippen LogP contribution in [-0.2, 0) is 19.1 Å². The second kappa shape index (κ2) is 9.55. The van der Waals surface area contributed by atoms with E-state index in [4.69, 9.17) is 4.74 Å². The lowest BCUT2D eigenvalue weighted by Gasteiger charge is -2.18. The normalized spacial score (nSPS) is 11.4. The number of halogens is 1. The lowest BCUT2D eigenvalue weighted by atomic mass is 10.0. The van der Waals surface area contributed by atoms with Crippen molar-refractivity contribution in [1.82, 2.24) is 10.6 Å². The van der Waals surface area contributed by atoms with Crippen molar-refractivity contribution in [3.63, 3.8) is 0 Å². The molecule has 0 aromatic heterocycles. The van der Waals surface area contributed by atoms with E-state index in [1.54, 1.807) is 13.8 Å². The van der Waals surface area contributed by atoms with Crippen LogP contribution in [0.15, 0.2) is 24.3 Å². The zero-order valence-electron chi connectivity index (χ0n) is 13.2. The van der Waals surface area contributed by atoms with Crippen molar-refractivity contribution in [2.45, 2.75) is 32.7 Å². The van der Waals surface area contributed by atoms with E-state index in [9.17, 15) is 18.8 Å². The van der Waals surface area contributed by atoms with Gasteiger partial charge in [0.05, 0.1) is 25.6 Å². The first-order valence-electron chi connectivity index (χ1n) is 7.43. The van der Waals surface area contributed by atoms with Crippen LogP contribution < -0.4 is 10.6 Å². The molecular weight excluding hydrogens is 303 g/mol. The molecule has 0 fully saturated rings. The van der Waals surface area contributed by atoms with E-state index < -0.39 is 23.7 Å². The molecule has 2 amide bonds. The number of hydrogen-bond donors (Lipinski definition) is 2. The lowest BCUT2D eigenvalue weighted by Crippen LogP contribution is -2.39. The van der Waals surface area contributed by atoms with E-state index in [0.29, 0.717) is 5.56 Å². The Hall–Kier alpha value is -2.44. The van der Waals surface area contributed by atoms with Gasteiger partial charge in [0.15, 0.2) is 0 Å². The van der Waals surface area contributed by atoms with Gasteiger partial charge in [0.25, 0.3) is 0 Å². The number of amides is 2. The standard InChI is InChI=1S/C16H21FN2O4/c1-3-14(20)18-10-15(21)19-13(9-16(22)23-4-2)11-5-7-12(17)8-6-11/h5-8,13H,3-4,9-10H2,1-2H3,(H,18,20)(H,19,21). The Morgan fingerprint density at radius 3 is 2.35 bits per heavy atom. The molecule has 0 bridgehead atoms. The maximum absolute atomic E-state index is 13.0. The molecule has 0 aliphatic rings. The first-order valence-corrected chi connectivity index (χ1v) is 7.43. The first-order chi connectivity index (χ1) is 11.0. The molecule has 6 nitrogen and oxygen atoms in total. The molecule has 0 heterocycles. The van der Waals surface area contributed by atoms with Crippen LogP contribution in [0.3, 0.4) is 0 Å². The zero-order valence-corrected chi connectivity index (χ0v) is 13.2. The molecular formula is C16H21FN2O4. The first kappa shape index (κ1) is 18.6. The van der Waals surface area contributed by atoms with Crippen LogP contribution in [0.25, 0.3) is 0 Å². The number of esters is 1. The quantitative estimate of drug-likeness (QED) is 0.709. The highest BCUT2D eigenvalue weighted by molar-refractivity contribution is 5.85. The number of carbonyl (C=O) groups is 3. The fourth-order valence-corrected chi connectivity index (χ4v) is 1.88. The third-order valence-corrected chi connectivity index (χ3v) is 3.05. The highest BCUT2D eigenvalue weighted by atomic mass is 19.1. The number of nitrogens with one attached hydrogen (secondary N) is 2. The minimum atomic E-state index is -0.652. The van der Waals surface area contributed by atoms with Crippen molar-refractivity contribution in [3.05, 3.63) is 35.6 Å². The molecule has 1 atom stereocenters. The molecule has 0 aliphatic carbocycles. The molecule has 1 aromatic carbocycles. The molecule has 1 aromatic rings. The zero-order chi connectivity index (χ0) is 17.2. The van der Waals surface area contributed by atoms with Gasteiger partial charge in [-0.3, -0.25) is 14.4 Å². The fourth-order valence-electron chi connectivity index (χ4n) is 1.88. The Balaban J connectivity index is 2.74. The van der Waals surface area contributed by atoms with Crippen LogP contribution in [0, 0.1) is 5.82 Å². The third kappa shape index (κ3) is 6.90. The van der Waals surface area contributed by atoms with Crippen molar-refractivity contribution >= 4 is 17.8 Å². The summed E-state index contributed by atoms with van der Waals surface area (Å²) < 4.78 is 17.9. The fraction of sp³-hybridized carbons (Fsp3) is 0.438. The van der Waals surface area contributed by atoms with Gasteiger partial charge in [-0.05, 0) is 24.6 Å². The van der Waals surface area contributed by atoms with Crippen molar-refractivity contribution in [1.29, 1.82) is 0 Å². The van der Waals surface area contributed by atoms with E-state index in [2.05, 4.69) is 10.6 Å². The van der Waals surface area contributed by atoms with Crippen molar-refractivity contribution in [2.24, 2.45) is 0 Å². The van der Waals surface area contributed by atoms with Gasteiger partial charge in [0, 0.05) is 6.42 Å². The maximum Gasteiger partial charge on any atom is 0.308 e. The Bertz CT molecular complexity index is 546. The molecule has 126 valence electrons. The van der Waals surface area contributed by atoms with E-state index in [0.717, 1.165) is 0 Å². The Kier molecular flexibility index (Phi) is 7.73. The van der Waals surface area contributed by atoms with Crippen molar-refractivity contribution < 1.29 is 23.5 Å². The molecule has 23 heavy (non-hydrogen) atoms. The van der Waals surface area contributed by atoms with Gasteiger partial charge >= 0.3 is 5.97 Å². The van der Waals surface area contributed by atoms with Gasteiger partial charge in [-0.15, -0.1) is 0 Å². The lowest BCUT2D eigenvalue weighted by molar-refractivity contribution is -0.144. The molecule has 0 saturated carbocycles. The van der Waals surface area contributed by atoms with Gasteiger partial charge in [-0.1, -0.05) is 19.1 Å². The van der Waals surface area contributed by atoms with Crippen LogP contribution in [0.2, 0.25) is 0 Å². The second-order valence-electron chi connectivity index (χ2n) is 4.81. The van der Waals surface area contributed by atoms with Gasteiger partial charge in [-0.2, -0.15) is 0 Å². The number of rotatable bonds is 8. The maximum atomic E-state index is 13.0. The van der Waals surface area contributed by atoms with Gasteiger partial charge < -0.3 is 15.4 Å². The summed E-state index contributed by atoms with van der Waals surface area (Å²) in [5.41, 5.74) is 0.578. The summed E-state index contributed by atoms with van der Waals surface area (Å²) in [6, 6.07) is 4.83. The Labute approximate surface area is 134 Å². The molecule has 1 rings (SSSR count). The second-order valence-corrected chi connectivity index (χ2v) is 4.81. The SMILES string of the molecule is CCOC(=O)CC(NC(=O)CNC(=O)CC)c1ccc(F)cc1. The molecule has 7 heteroatoms. The third-order valence-electron chi connectivity index (χ3n) is 3.05. The summed E-state index contributed by atoms with van der Waals surface area (Å²) in [5.74, 6) is -1.57. The van der Waals surface area contributed by atoms with Gasteiger partial charge in [0.2, 0.25) is 11.8 Å². The summed E-state index contributed by atoms with van der Waals surface area (Å²) in [6.45, 7) is 3.40. The number of hydrogen-bond acceptors (Lipinski definition) is 4. The Morgan fingerprint density at radius 2 is 1.78 bits per heavy atom. The Morgan fingerprint density at radius 1 is 1.13 bits per heavy atom. The van der Waals surface area contributed by atoms with Gasteiger partial charge in [-0.25, -0.2) is 4.39 Å². The number of ether oxygens (including phenoxy) is 1. The average Bonchev–Trinajstić information content (AvgIpc) is 2.53. The summed E-state index contributed by atoms with van der Waals surface area (Å²) in [6.07, 6.45) is 0.199. The number of benzene rings is 1. The smallest absolute Gasteiger partial charge is 0.308 e. The van der Waals surface area contributed by atoms with E-state index in [1.807, 2.05) is 0 Å². The van der Waals surface area contributed by atoms with Crippen LogP contribution in [0.4, 0.5) is 4.39 Å². The molecule has 0 radical (unpaired) electrons. The predicted octanol–water partition coefficient (Wildman–Crippen LogP) is 1.46. The van der Waals surface area contributed by atoms with E-state index in [-0.39, 0.29) is 31.9 Å². The monoisotopic (exact) mass is 324 g/mol. The molecule has 1 unspecified atom stereocenters. The average molecular weight is 324 g/mol. The highest BCUT2D eigenvalue weighted by Crippen LogP contribution is 2.18. The van der Waals surface area contributed by atoms with Gasteiger partial charge in [0.1, 0.15) is 5.82 Å². The van der Waals surface area contributed by atoms with Crippen LogP contribution >= 0.6 is 0 Å². The molecule has 0 aliphatic heterocycles. The van der Waals surface area contributed by atoms with Crippen LogP contribution in [0.5, 0.6) is 0 Å². The van der Waals surface area contributed by atoms with E-state index >= 15 is 0 Å². The highest BCUT2D eigenvalue weighted by Gasteiger charge is 2.19. The minimum absolute atomic E-state index is 0.0765. The van der Waals surface area contributed by atoms with Crippen LogP contribution in [-0.4, -0.2) is 30.9 Å². The number of carbonyl (C=O) groups excluding carboxylic acids is 3. The van der Waals surface area contributed by atoms with Crippen LogP contribution in [0.1, 0.15) is 38.3 Å².